The average Bonchev–Trinajstić information content (AvgIpc) is 2.63. The number of nitrogens with zero attached hydrogens (tertiary/aromatic N) is 1. The smallest absolute Gasteiger partial charge is 0.378 e. The van der Waals surface area contributed by atoms with Gasteiger partial charge < -0.3 is 15.0 Å². The molecule has 2 aromatic carbocycles. The normalized spacial score (nSPS) is 14.9. The molecule has 0 aliphatic carbocycles. The number of hydrogen-bond acceptors (Lipinski definition) is 3. The summed E-state index contributed by atoms with van der Waals surface area (Å²) >= 11 is 0. The lowest BCUT2D eigenvalue weighted by molar-refractivity contribution is -0.137. The molecule has 0 atom stereocenters. The van der Waals surface area contributed by atoms with Gasteiger partial charge in [-0.15, -0.1) is 0 Å². The molecule has 1 amide bonds. The molecule has 0 spiro atoms. The molecule has 1 N–H and O–H groups in total. The van der Waals surface area contributed by atoms with Gasteiger partial charge >= 0.3 is 6.18 Å². The molecule has 1 heterocycles. The zero-order valence-corrected chi connectivity index (χ0v) is 15.0. The zero-order valence-electron chi connectivity index (χ0n) is 15.0. The molecule has 0 unspecified atom stereocenters. The number of halogens is 3. The van der Waals surface area contributed by atoms with Crippen LogP contribution in [0.5, 0.6) is 0 Å². The van der Waals surface area contributed by atoms with Gasteiger partial charge in [0.1, 0.15) is 0 Å². The number of alkyl halides is 3. The maximum atomic E-state index is 13.1. The molecule has 1 aliphatic heterocycles. The molecule has 0 saturated carbocycles. The Labute approximate surface area is 155 Å². The topological polar surface area (TPSA) is 41.6 Å². The molecular weight excluding hydrogens is 357 g/mol. The van der Waals surface area contributed by atoms with E-state index < -0.39 is 11.7 Å². The van der Waals surface area contributed by atoms with Crippen LogP contribution in [0.4, 0.5) is 24.5 Å². The summed E-state index contributed by atoms with van der Waals surface area (Å²) in [5.41, 5.74) is 1.76. The number of amides is 1. The van der Waals surface area contributed by atoms with Crippen LogP contribution in [-0.2, 0) is 22.1 Å². The lowest BCUT2D eigenvalue weighted by atomic mass is 10.1. The van der Waals surface area contributed by atoms with E-state index in [0.29, 0.717) is 32.0 Å². The summed E-state index contributed by atoms with van der Waals surface area (Å²) in [5, 5.41) is 2.67. The third kappa shape index (κ3) is 4.80. The Morgan fingerprint density at radius 2 is 1.85 bits per heavy atom. The molecular formula is C20H21F3N2O2. The van der Waals surface area contributed by atoms with Gasteiger partial charge in [-0.1, -0.05) is 24.3 Å². The summed E-state index contributed by atoms with van der Waals surface area (Å²) in [4.78, 5) is 14.4. The van der Waals surface area contributed by atoms with Crippen molar-refractivity contribution in [3.8, 4) is 0 Å². The van der Waals surface area contributed by atoms with Crippen molar-refractivity contribution in [1.82, 2.24) is 0 Å². The number of ether oxygens (including phenoxy) is 1. The van der Waals surface area contributed by atoms with Crippen LogP contribution in [0.25, 0.3) is 0 Å². The summed E-state index contributed by atoms with van der Waals surface area (Å²) in [5.74, 6) is -0.349. The highest BCUT2D eigenvalue weighted by Crippen LogP contribution is 2.35. The van der Waals surface area contributed by atoms with Crippen LogP contribution in [0.15, 0.2) is 42.5 Å². The first-order chi connectivity index (χ1) is 12.8. The molecule has 1 fully saturated rings. The minimum absolute atomic E-state index is 0.103. The first-order valence-electron chi connectivity index (χ1n) is 8.73. The molecule has 0 radical (unpaired) electrons. The van der Waals surface area contributed by atoms with Crippen LogP contribution in [0.2, 0.25) is 0 Å². The van der Waals surface area contributed by atoms with Crippen molar-refractivity contribution in [2.75, 3.05) is 36.5 Å². The van der Waals surface area contributed by atoms with E-state index in [1.54, 1.807) is 0 Å². The number of benzene rings is 2. The minimum Gasteiger partial charge on any atom is -0.378 e. The van der Waals surface area contributed by atoms with Gasteiger partial charge in [-0.05, 0) is 36.2 Å². The highest BCUT2D eigenvalue weighted by atomic mass is 19.4. The van der Waals surface area contributed by atoms with Crippen molar-refractivity contribution >= 4 is 17.3 Å². The predicted octanol–water partition coefficient (Wildman–Crippen LogP) is 4.03. The molecule has 0 aromatic heterocycles. The Balaban J connectivity index is 1.86. The van der Waals surface area contributed by atoms with Crippen molar-refractivity contribution in [1.29, 1.82) is 0 Å². The largest absolute Gasteiger partial charge is 0.416 e. The molecule has 1 saturated heterocycles. The number of rotatable bonds is 4. The lowest BCUT2D eigenvalue weighted by Gasteiger charge is -2.31. The molecule has 0 bridgehead atoms. The fraction of sp³-hybridized carbons (Fsp3) is 0.350. The van der Waals surface area contributed by atoms with E-state index in [0.717, 1.165) is 23.3 Å². The van der Waals surface area contributed by atoms with E-state index in [4.69, 9.17) is 4.74 Å². The van der Waals surface area contributed by atoms with Crippen LogP contribution in [0.1, 0.15) is 16.7 Å². The van der Waals surface area contributed by atoms with Crippen LogP contribution in [0, 0.1) is 6.92 Å². The van der Waals surface area contributed by atoms with Gasteiger partial charge in [-0.3, -0.25) is 4.79 Å². The second-order valence-corrected chi connectivity index (χ2v) is 6.48. The summed E-state index contributed by atoms with van der Waals surface area (Å²) < 4.78 is 44.7. The Kier molecular flexibility index (Phi) is 5.70. The number of nitrogens with one attached hydrogen (secondary N) is 1. The summed E-state index contributed by atoms with van der Waals surface area (Å²) in [6, 6.07) is 10.9. The fourth-order valence-corrected chi connectivity index (χ4v) is 3.07. The van der Waals surface area contributed by atoms with Crippen LogP contribution in [0.3, 0.4) is 0 Å². The van der Waals surface area contributed by atoms with Gasteiger partial charge in [0, 0.05) is 13.1 Å². The SMILES string of the molecule is Cc1ccccc1CC(=O)Nc1cc(C(F)(F)F)ccc1N1CCOCC1. The van der Waals surface area contributed by atoms with Crippen molar-refractivity contribution < 1.29 is 22.7 Å². The highest BCUT2D eigenvalue weighted by molar-refractivity contribution is 5.96. The van der Waals surface area contributed by atoms with Crippen molar-refractivity contribution in [3.63, 3.8) is 0 Å². The van der Waals surface area contributed by atoms with Gasteiger partial charge in [0.05, 0.1) is 36.6 Å². The number of morpholine rings is 1. The summed E-state index contributed by atoms with van der Waals surface area (Å²) in [6.45, 7) is 4.01. The minimum atomic E-state index is -4.47. The third-order valence-corrected chi connectivity index (χ3v) is 4.56. The van der Waals surface area contributed by atoms with Crippen molar-refractivity contribution in [2.24, 2.45) is 0 Å². The van der Waals surface area contributed by atoms with Gasteiger partial charge in [0.15, 0.2) is 0 Å². The second kappa shape index (κ2) is 8.00. The molecule has 3 rings (SSSR count). The maximum absolute atomic E-state index is 13.1. The Morgan fingerprint density at radius 1 is 1.15 bits per heavy atom. The highest BCUT2D eigenvalue weighted by Gasteiger charge is 2.32. The van der Waals surface area contributed by atoms with Crippen molar-refractivity contribution in [3.05, 3.63) is 59.2 Å². The van der Waals surface area contributed by atoms with Crippen LogP contribution < -0.4 is 10.2 Å². The zero-order chi connectivity index (χ0) is 19.4. The number of hydrogen-bond donors (Lipinski definition) is 1. The monoisotopic (exact) mass is 378 g/mol. The molecule has 1 aliphatic rings. The Hall–Kier alpha value is -2.54. The van der Waals surface area contributed by atoms with Crippen LogP contribution in [-0.4, -0.2) is 32.2 Å². The number of carbonyl (C=O) groups is 1. The van der Waals surface area contributed by atoms with Gasteiger partial charge in [0.25, 0.3) is 0 Å². The number of carbonyl (C=O) groups excluding carboxylic acids is 1. The van der Waals surface area contributed by atoms with Crippen LogP contribution >= 0.6 is 0 Å². The van der Waals surface area contributed by atoms with E-state index in [1.807, 2.05) is 36.1 Å². The first-order valence-corrected chi connectivity index (χ1v) is 8.73. The third-order valence-electron chi connectivity index (χ3n) is 4.56. The van der Waals surface area contributed by atoms with Gasteiger partial charge in [-0.2, -0.15) is 13.2 Å². The van der Waals surface area contributed by atoms with E-state index in [9.17, 15) is 18.0 Å². The molecule has 144 valence electrons. The Bertz CT molecular complexity index is 815. The molecule has 2 aromatic rings. The first kappa shape index (κ1) is 19.2. The Morgan fingerprint density at radius 3 is 2.52 bits per heavy atom. The molecule has 7 heteroatoms. The van der Waals surface area contributed by atoms with Gasteiger partial charge in [-0.25, -0.2) is 0 Å². The van der Waals surface area contributed by atoms with Crippen molar-refractivity contribution in [2.45, 2.75) is 19.5 Å². The lowest BCUT2D eigenvalue weighted by Crippen LogP contribution is -2.37. The van der Waals surface area contributed by atoms with E-state index in [-0.39, 0.29) is 18.0 Å². The maximum Gasteiger partial charge on any atom is 0.416 e. The number of anilines is 2. The van der Waals surface area contributed by atoms with E-state index >= 15 is 0 Å². The molecule has 4 nitrogen and oxygen atoms in total. The van der Waals surface area contributed by atoms with E-state index in [2.05, 4.69) is 5.32 Å². The quantitative estimate of drug-likeness (QED) is 0.873. The predicted molar refractivity (Wildman–Crippen MR) is 98.0 cm³/mol. The average molecular weight is 378 g/mol. The summed E-state index contributed by atoms with van der Waals surface area (Å²) in [6.07, 6.45) is -4.37. The molecule has 27 heavy (non-hydrogen) atoms. The standard InChI is InChI=1S/C20H21F3N2O2/c1-14-4-2-3-5-15(14)12-19(26)24-17-13-16(20(21,22)23)6-7-18(17)25-8-10-27-11-9-25/h2-7,13H,8-12H2,1H3,(H,24,26). The van der Waals surface area contributed by atoms with E-state index in [1.165, 1.54) is 6.07 Å². The summed E-state index contributed by atoms with van der Waals surface area (Å²) in [7, 11) is 0. The fourth-order valence-electron chi connectivity index (χ4n) is 3.07. The number of aryl methyl sites for hydroxylation is 1. The van der Waals surface area contributed by atoms with Gasteiger partial charge in [0.2, 0.25) is 5.91 Å². The second-order valence-electron chi connectivity index (χ2n) is 6.48.